The van der Waals surface area contributed by atoms with Gasteiger partial charge in [0.1, 0.15) is 11.6 Å². The average molecular weight is 407 g/mol. The van der Waals surface area contributed by atoms with Gasteiger partial charge >= 0.3 is 0 Å². The number of piperidine rings is 1. The predicted molar refractivity (Wildman–Crippen MR) is 110 cm³/mol. The van der Waals surface area contributed by atoms with Crippen molar-refractivity contribution in [1.82, 2.24) is 9.88 Å². The molecule has 1 aliphatic heterocycles. The van der Waals surface area contributed by atoms with Gasteiger partial charge in [-0.2, -0.15) is 0 Å². The summed E-state index contributed by atoms with van der Waals surface area (Å²) in [4.78, 5) is 31.2. The van der Waals surface area contributed by atoms with E-state index < -0.39 is 0 Å². The smallest absolute Gasteiger partial charge is 0.276 e. The Balaban J connectivity index is 1.43. The van der Waals surface area contributed by atoms with Crippen molar-refractivity contribution in [3.05, 3.63) is 72.2 Å². The molecule has 0 aliphatic carbocycles. The van der Waals surface area contributed by atoms with Crippen molar-refractivity contribution in [1.29, 1.82) is 0 Å². The Hall–Kier alpha value is -3.48. The van der Waals surface area contributed by atoms with Crippen LogP contribution in [-0.2, 0) is 4.79 Å². The fourth-order valence-corrected chi connectivity index (χ4v) is 3.70. The molecule has 0 radical (unpaired) electrons. The molecule has 2 amide bonds. The van der Waals surface area contributed by atoms with Gasteiger partial charge in [0, 0.05) is 18.8 Å². The van der Waals surface area contributed by atoms with Crippen LogP contribution in [0.25, 0.3) is 11.1 Å². The minimum atomic E-state index is -0.301. The predicted octanol–water partition coefficient (Wildman–Crippen LogP) is 4.28. The summed E-state index contributed by atoms with van der Waals surface area (Å²) in [6.45, 7) is 2.63. The molecule has 1 N–H and O–H groups in total. The van der Waals surface area contributed by atoms with Crippen LogP contribution in [0.1, 0.15) is 29.1 Å². The molecular formula is C23H22FN3O3. The van der Waals surface area contributed by atoms with Crippen LogP contribution >= 0.6 is 0 Å². The molecule has 0 unspecified atom stereocenters. The molecule has 2 aromatic carbocycles. The summed E-state index contributed by atoms with van der Waals surface area (Å²) in [5, 5.41) is 2.95. The number of benzene rings is 2. The van der Waals surface area contributed by atoms with E-state index in [0.717, 1.165) is 17.5 Å². The number of aryl methyl sites for hydroxylation is 1. The van der Waals surface area contributed by atoms with Gasteiger partial charge in [0.15, 0.2) is 12.1 Å². The summed E-state index contributed by atoms with van der Waals surface area (Å²) in [5.74, 6) is -0.452. The third-order valence-corrected chi connectivity index (χ3v) is 5.33. The maximum Gasteiger partial charge on any atom is 0.276 e. The molecule has 7 heteroatoms. The third-order valence-electron chi connectivity index (χ3n) is 5.33. The van der Waals surface area contributed by atoms with Crippen molar-refractivity contribution in [2.24, 2.45) is 5.92 Å². The monoisotopic (exact) mass is 407 g/mol. The lowest BCUT2D eigenvalue weighted by atomic mass is 9.96. The molecule has 1 aromatic heterocycles. The highest BCUT2D eigenvalue weighted by Crippen LogP contribution is 2.25. The quantitative estimate of drug-likeness (QED) is 0.700. The molecule has 1 aliphatic rings. The van der Waals surface area contributed by atoms with Crippen molar-refractivity contribution in [3.8, 4) is 11.1 Å². The second-order valence-corrected chi connectivity index (χ2v) is 7.42. The zero-order chi connectivity index (χ0) is 21.1. The van der Waals surface area contributed by atoms with E-state index in [2.05, 4.69) is 10.3 Å². The summed E-state index contributed by atoms with van der Waals surface area (Å²) in [7, 11) is 0. The van der Waals surface area contributed by atoms with Gasteiger partial charge in [-0.15, -0.1) is 0 Å². The van der Waals surface area contributed by atoms with Crippen LogP contribution in [0, 0.1) is 18.7 Å². The van der Waals surface area contributed by atoms with Gasteiger partial charge in [-0.05, 0) is 55.2 Å². The Morgan fingerprint density at radius 1 is 1.17 bits per heavy atom. The highest BCUT2D eigenvalue weighted by atomic mass is 19.1. The number of carbonyl (C=O) groups is 2. The second-order valence-electron chi connectivity index (χ2n) is 7.42. The number of halogens is 1. The lowest BCUT2D eigenvalue weighted by Gasteiger charge is -2.31. The number of nitrogens with zero attached hydrogens (tertiary/aromatic N) is 2. The zero-order valence-corrected chi connectivity index (χ0v) is 16.6. The van der Waals surface area contributed by atoms with Crippen molar-refractivity contribution >= 4 is 17.5 Å². The van der Waals surface area contributed by atoms with Gasteiger partial charge in [-0.3, -0.25) is 9.59 Å². The van der Waals surface area contributed by atoms with Crippen molar-refractivity contribution in [2.75, 3.05) is 18.4 Å². The van der Waals surface area contributed by atoms with Gasteiger partial charge < -0.3 is 14.6 Å². The molecule has 1 saturated heterocycles. The maximum atomic E-state index is 13.2. The van der Waals surface area contributed by atoms with Gasteiger partial charge in [-0.25, -0.2) is 9.37 Å². The Morgan fingerprint density at radius 3 is 2.70 bits per heavy atom. The van der Waals surface area contributed by atoms with E-state index in [1.165, 1.54) is 18.5 Å². The first-order valence-corrected chi connectivity index (χ1v) is 9.87. The van der Waals surface area contributed by atoms with Crippen molar-refractivity contribution in [3.63, 3.8) is 0 Å². The van der Waals surface area contributed by atoms with Crippen LogP contribution in [-0.4, -0.2) is 34.8 Å². The molecule has 0 bridgehead atoms. The normalized spacial score (nSPS) is 16.3. The van der Waals surface area contributed by atoms with Crippen molar-refractivity contribution < 1.29 is 18.4 Å². The summed E-state index contributed by atoms with van der Waals surface area (Å²) < 4.78 is 18.3. The topological polar surface area (TPSA) is 75.4 Å². The van der Waals surface area contributed by atoms with E-state index in [-0.39, 0.29) is 23.5 Å². The molecule has 30 heavy (non-hydrogen) atoms. The van der Waals surface area contributed by atoms with E-state index in [9.17, 15) is 14.0 Å². The van der Waals surface area contributed by atoms with E-state index in [1.807, 2.05) is 24.3 Å². The molecule has 6 nitrogen and oxygen atoms in total. The molecule has 1 fully saturated rings. The number of anilines is 1. The number of carbonyl (C=O) groups excluding carboxylic acids is 2. The molecule has 154 valence electrons. The Kier molecular flexibility index (Phi) is 5.61. The lowest BCUT2D eigenvalue weighted by Crippen LogP contribution is -2.44. The van der Waals surface area contributed by atoms with Crippen LogP contribution in [0.15, 0.2) is 59.3 Å². The molecule has 0 spiro atoms. The number of rotatable bonds is 4. The van der Waals surface area contributed by atoms with Gasteiger partial charge in [0.05, 0.1) is 5.92 Å². The van der Waals surface area contributed by atoms with Crippen molar-refractivity contribution in [2.45, 2.75) is 19.8 Å². The average Bonchev–Trinajstić information content (AvgIpc) is 3.20. The van der Waals surface area contributed by atoms with Gasteiger partial charge in [-0.1, -0.05) is 24.3 Å². The first kappa shape index (κ1) is 19.8. The van der Waals surface area contributed by atoms with Gasteiger partial charge in [0.2, 0.25) is 5.91 Å². The molecular weight excluding hydrogens is 385 g/mol. The summed E-state index contributed by atoms with van der Waals surface area (Å²) in [6.07, 6.45) is 2.71. The minimum Gasteiger partial charge on any atom is -0.448 e. The molecule has 4 rings (SSSR count). The molecule has 3 aromatic rings. The number of nitrogens with one attached hydrogen (secondary N) is 1. The van der Waals surface area contributed by atoms with E-state index in [4.69, 9.17) is 4.42 Å². The largest absolute Gasteiger partial charge is 0.448 e. The Morgan fingerprint density at radius 2 is 1.97 bits per heavy atom. The summed E-state index contributed by atoms with van der Waals surface area (Å²) >= 11 is 0. The fourth-order valence-electron chi connectivity index (χ4n) is 3.70. The van der Waals surface area contributed by atoms with E-state index in [1.54, 1.807) is 24.0 Å². The summed E-state index contributed by atoms with van der Waals surface area (Å²) in [6, 6.07) is 13.6. The molecule has 2 heterocycles. The first-order valence-electron chi connectivity index (χ1n) is 9.87. The van der Waals surface area contributed by atoms with Gasteiger partial charge in [0.25, 0.3) is 5.91 Å². The lowest BCUT2D eigenvalue weighted by molar-refractivity contribution is -0.121. The third kappa shape index (κ3) is 4.25. The number of oxazole rings is 1. The summed E-state index contributed by atoms with van der Waals surface area (Å²) in [5.41, 5.74) is 2.71. The maximum absolute atomic E-state index is 13.2. The van der Waals surface area contributed by atoms with Crippen LogP contribution in [0.4, 0.5) is 10.1 Å². The minimum absolute atomic E-state index is 0.124. The van der Waals surface area contributed by atoms with Crippen LogP contribution in [0.2, 0.25) is 0 Å². The molecule has 0 saturated carbocycles. The van der Waals surface area contributed by atoms with E-state index in [0.29, 0.717) is 36.7 Å². The zero-order valence-electron chi connectivity index (χ0n) is 16.6. The second kappa shape index (κ2) is 8.49. The first-order chi connectivity index (χ1) is 14.5. The van der Waals surface area contributed by atoms with Crippen LogP contribution < -0.4 is 5.32 Å². The Bertz CT molecular complexity index is 1060. The highest BCUT2D eigenvalue weighted by molar-refractivity contribution is 5.96. The highest BCUT2D eigenvalue weighted by Gasteiger charge is 2.30. The SMILES string of the molecule is Cc1ocnc1C(=O)N1CCC[C@@H](C(=O)Nc2cccc(-c3ccc(F)cc3)c2)C1. The Labute approximate surface area is 173 Å². The van der Waals surface area contributed by atoms with Crippen LogP contribution in [0.3, 0.4) is 0 Å². The van der Waals surface area contributed by atoms with Crippen LogP contribution in [0.5, 0.6) is 0 Å². The number of hydrogen-bond donors (Lipinski definition) is 1. The standard InChI is InChI=1S/C23H22FN3O3/c1-15-21(25-14-30-15)23(29)27-11-3-5-18(13-27)22(28)26-20-6-2-4-17(12-20)16-7-9-19(24)10-8-16/h2,4,6-10,12,14,18H,3,5,11,13H2,1H3,(H,26,28)/t18-/m1/s1. The number of likely N-dealkylation sites (tertiary alicyclic amines) is 1. The fraction of sp³-hybridized carbons (Fsp3) is 0.261. The number of hydrogen-bond acceptors (Lipinski definition) is 4. The molecule has 1 atom stereocenters. The number of amides is 2. The van der Waals surface area contributed by atoms with E-state index >= 15 is 0 Å². The number of aromatic nitrogens is 1.